The molecule has 0 aromatic heterocycles. The van der Waals surface area contributed by atoms with E-state index in [2.05, 4.69) is 0 Å². The van der Waals surface area contributed by atoms with E-state index in [4.69, 9.17) is 0 Å². The smallest absolute Gasteiger partial charge is 0.142 e. The Morgan fingerprint density at radius 3 is 1.83 bits per heavy atom. The predicted molar refractivity (Wildman–Crippen MR) is 52.8 cm³/mol. The van der Waals surface area contributed by atoms with Crippen LogP contribution in [0.2, 0.25) is 19.6 Å². The number of ketones is 1. The van der Waals surface area contributed by atoms with Gasteiger partial charge in [-0.15, -0.1) is 0 Å². The number of hydrogen-bond donors (Lipinski definition) is 0. The van der Waals surface area contributed by atoms with Crippen LogP contribution in [0.15, 0.2) is 0 Å². The number of carbonyl (C=O) groups excluding carboxylic acids is 2. The normalized spacial score (nSPS) is 11.8. The summed E-state index contributed by atoms with van der Waals surface area (Å²) in [6.45, 7) is 9.59. The molecule has 0 N–H and O–H groups in total. The quantitative estimate of drug-likeness (QED) is 0.497. The summed E-state index contributed by atoms with van der Waals surface area (Å²) in [5.74, 6) is 0.0627. The van der Waals surface area contributed by atoms with E-state index < -0.39 is 8.07 Å². The number of Topliss-reactive ketones (excluding diaryl/α,β-unsaturated/α-hetero) is 1. The fourth-order valence-electron chi connectivity index (χ4n) is 0.628. The van der Waals surface area contributed by atoms with Gasteiger partial charge < -0.3 is 4.79 Å². The van der Waals surface area contributed by atoms with Gasteiger partial charge in [-0.1, -0.05) is 33.5 Å². The van der Waals surface area contributed by atoms with Gasteiger partial charge in [0.2, 0.25) is 0 Å². The summed E-state index contributed by atoms with van der Waals surface area (Å²) in [5.41, 5.74) is 0. The Labute approximate surface area is 75.4 Å². The molecule has 70 valence electrons. The van der Waals surface area contributed by atoms with E-state index in [1.165, 1.54) is 0 Å². The van der Waals surface area contributed by atoms with E-state index in [9.17, 15) is 9.59 Å². The topological polar surface area (TPSA) is 34.1 Å². The fourth-order valence-corrected chi connectivity index (χ4v) is 1.33. The molecule has 0 aliphatic carbocycles. The molecule has 0 aliphatic rings. The third kappa shape index (κ3) is 3.81. The van der Waals surface area contributed by atoms with Crippen LogP contribution in [-0.4, -0.2) is 19.3 Å². The third-order valence-electron chi connectivity index (χ3n) is 1.82. The van der Waals surface area contributed by atoms with Crippen molar-refractivity contribution in [3.63, 3.8) is 0 Å². The summed E-state index contributed by atoms with van der Waals surface area (Å²) >= 11 is 0. The monoisotopic (exact) mass is 186 g/mol. The first-order valence-electron chi connectivity index (χ1n) is 4.31. The van der Waals surface area contributed by atoms with Crippen molar-refractivity contribution in [2.24, 2.45) is 5.92 Å². The van der Waals surface area contributed by atoms with E-state index in [0.717, 1.165) is 0 Å². The lowest BCUT2D eigenvalue weighted by Crippen LogP contribution is -2.35. The minimum Gasteiger partial charge on any atom is -0.305 e. The lowest BCUT2D eigenvalue weighted by atomic mass is 10.1. The zero-order valence-electron chi connectivity index (χ0n) is 8.60. The van der Waals surface area contributed by atoms with Crippen LogP contribution in [0.4, 0.5) is 0 Å². The Bertz CT molecular complexity index is 189. The molecule has 2 nitrogen and oxygen atoms in total. The molecule has 0 unspecified atom stereocenters. The number of hydrogen-bond acceptors (Lipinski definition) is 2. The van der Waals surface area contributed by atoms with Crippen molar-refractivity contribution >= 4 is 19.3 Å². The first kappa shape index (κ1) is 11.6. The minimum absolute atomic E-state index is 0.00898. The van der Waals surface area contributed by atoms with Crippen LogP contribution in [0.25, 0.3) is 0 Å². The molecule has 3 heteroatoms. The van der Waals surface area contributed by atoms with Gasteiger partial charge in [0.25, 0.3) is 0 Å². The number of carbonyl (C=O) groups is 2. The van der Waals surface area contributed by atoms with E-state index in [-0.39, 0.29) is 23.5 Å². The van der Waals surface area contributed by atoms with Crippen LogP contribution >= 0.6 is 0 Å². The Hall–Kier alpha value is -0.443. The van der Waals surface area contributed by atoms with Gasteiger partial charge in [-0.25, -0.2) is 0 Å². The highest BCUT2D eigenvalue weighted by Crippen LogP contribution is 2.08. The highest BCUT2D eigenvalue weighted by molar-refractivity contribution is 7.03. The molecule has 12 heavy (non-hydrogen) atoms. The van der Waals surface area contributed by atoms with Crippen LogP contribution in [0.5, 0.6) is 0 Å². The third-order valence-corrected chi connectivity index (χ3v) is 3.67. The molecule has 0 heterocycles. The van der Waals surface area contributed by atoms with Crippen LogP contribution < -0.4 is 0 Å². The molecule has 0 aromatic carbocycles. The fraction of sp³-hybridized carbons (Fsp3) is 0.778. The maximum Gasteiger partial charge on any atom is 0.142 e. The predicted octanol–water partition coefficient (Wildman–Crippen LogP) is 2.05. The molecule has 0 amide bonds. The van der Waals surface area contributed by atoms with Crippen molar-refractivity contribution in [3.8, 4) is 0 Å². The molecule has 0 aromatic rings. The SMILES string of the molecule is CC(C)C(=O)CC(=O)[Si](C)(C)C. The van der Waals surface area contributed by atoms with Crippen LogP contribution in [-0.2, 0) is 9.59 Å². The van der Waals surface area contributed by atoms with E-state index in [1.807, 2.05) is 33.5 Å². The highest BCUT2D eigenvalue weighted by Gasteiger charge is 2.26. The zero-order valence-corrected chi connectivity index (χ0v) is 9.60. The molecular weight excluding hydrogens is 168 g/mol. The Morgan fingerprint density at radius 1 is 1.17 bits per heavy atom. The molecule has 0 aliphatic heterocycles. The molecular formula is C9H18O2Si. The molecule has 0 radical (unpaired) electrons. The zero-order chi connectivity index (χ0) is 9.94. The second-order valence-corrected chi connectivity index (χ2v) is 9.53. The van der Waals surface area contributed by atoms with Crippen LogP contribution in [0.3, 0.4) is 0 Å². The lowest BCUT2D eigenvalue weighted by Gasteiger charge is -2.13. The summed E-state index contributed by atoms with van der Waals surface area (Å²) in [6, 6.07) is 0. The van der Waals surface area contributed by atoms with Gasteiger partial charge in [-0.05, 0) is 0 Å². The Kier molecular flexibility index (Phi) is 3.84. The first-order chi connectivity index (χ1) is 5.25. The lowest BCUT2D eigenvalue weighted by molar-refractivity contribution is -0.126. The van der Waals surface area contributed by atoms with Crippen LogP contribution in [0.1, 0.15) is 20.3 Å². The van der Waals surface area contributed by atoms with Gasteiger partial charge in [0, 0.05) is 5.92 Å². The summed E-state index contributed by atoms with van der Waals surface area (Å²) in [4.78, 5) is 22.6. The van der Waals surface area contributed by atoms with Crippen LogP contribution in [0, 0.1) is 5.92 Å². The largest absolute Gasteiger partial charge is 0.305 e. The summed E-state index contributed by atoms with van der Waals surface area (Å²) < 4.78 is 0. The van der Waals surface area contributed by atoms with Gasteiger partial charge in [0.05, 0.1) is 6.42 Å². The number of rotatable bonds is 4. The second-order valence-electron chi connectivity index (χ2n) is 4.47. The first-order valence-corrected chi connectivity index (χ1v) is 7.81. The summed E-state index contributed by atoms with van der Waals surface area (Å²) in [6.07, 6.45) is 0.146. The standard InChI is InChI=1S/C9H18O2Si/c1-7(2)8(10)6-9(11)12(3,4)5/h7H,6H2,1-5H3. The van der Waals surface area contributed by atoms with Crippen molar-refractivity contribution < 1.29 is 9.59 Å². The second kappa shape index (κ2) is 3.98. The molecule has 0 bridgehead atoms. The average molecular weight is 186 g/mol. The molecule has 0 fully saturated rings. The molecule has 0 atom stereocenters. The Morgan fingerprint density at radius 2 is 1.58 bits per heavy atom. The van der Waals surface area contributed by atoms with Crippen molar-refractivity contribution in [1.82, 2.24) is 0 Å². The van der Waals surface area contributed by atoms with Crippen molar-refractivity contribution in [3.05, 3.63) is 0 Å². The van der Waals surface area contributed by atoms with Gasteiger partial charge in [-0.2, -0.15) is 0 Å². The van der Waals surface area contributed by atoms with E-state index in [1.54, 1.807) is 0 Å². The summed E-state index contributed by atoms with van der Waals surface area (Å²) in [7, 11) is -1.73. The van der Waals surface area contributed by atoms with Crippen molar-refractivity contribution in [2.75, 3.05) is 0 Å². The molecule has 0 saturated heterocycles. The van der Waals surface area contributed by atoms with Gasteiger partial charge in [-0.3, -0.25) is 4.79 Å². The summed E-state index contributed by atoms with van der Waals surface area (Å²) in [5, 5.41) is 0.168. The maximum atomic E-state index is 11.4. The highest BCUT2D eigenvalue weighted by atomic mass is 28.3. The van der Waals surface area contributed by atoms with E-state index in [0.29, 0.717) is 0 Å². The van der Waals surface area contributed by atoms with Crippen molar-refractivity contribution in [2.45, 2.75) is 39.9 Å². The van der Waals surface area contributed by atoms with Gasteiger partial charge in [0.15, 0.2) is 0 Å². The minimum atomic E-state index is -1.73. The molecule has 0 rings (SSSR count). The maximum absolute atomic E-state index is 11.4. The molecule has 0 saturated carbocycles. The van der Waals surface area contributed by atoms with Gasteiger partial charge in [0.1, 0.15) is 19.3 Å². The van der Waals surface area contributed by atoms with Crippen molar-refractivity contribution in [1.29, 1.82) is 0 Å². The van der Waals surface area contributed by atoms with E-state index >= 15 is 0 Å². The van der Waals surface area contributed by atoms with Gasteiger partial charge >= 0.3 is 0 Å². The molecule has 0 spiro atoms. The average Bonchev–Trinajstić information content (AvgIpc) is 1.85. The Balaban J connectivity index is 4.12.